The smallest absolute Gasteiger partial charge is 0.242 e. The quantitative estimate of drug-likeness (QED) is 0.439. The first-order valence-corrected chi connectivity index (χ1v) is 13.2. The molecule has 0 unspecified atom stereocenters. The molecule has 2 heterocycles. The molecule has 0 spiro atoms. The molecule has 11 nitrogen and oxygen atoms in total. The van der Waals surface area contributed by atoms with Gasteiger partial charge in [-0.1, -0.05) is 23.8 Å². The number of benzene rings is 1. The first-order valence-electron chi connectivity index (χ1n) is 10.5. The van der Waals surface area contributed by atoms with Crippen LogP contribution in [0.25, 0.3) is 0 Å². The summed E-state index contributed by atoms with van der Waals surface area (Å²) < 4.78 is 59.3. The van der Waals surface area contributed by atoms with E-state index in [1.165, 1.54) is 4.31 Å². The highest BCUT2D eigenvalue weighted by atomic mass is 35.7. The fraction of sp³-hybridized carbons (Fsp3) is 0.429. The van der Waals surface area contributed by atoms with Crippen molar-refractivity contribution < 1.29 is 42.1 Å². The van der Waals surface area contributed by atoms with Crippen LogP contribution in [-0.2, 0) is 14.8 Å². The maximum Gasteiger partial charge on any atom is 0.242 e. The predicted molar refractivity (Wildman–Crippen MR) is 115 cm³/mol. The van der Waals surface area contributed by atoms with Gasteiger partial charge in [0.1, 0.15) is 5.82 Å². The molecule has 1 aromatic heterocycles. The van der Waals surface area contributed by atoms with E-state index in [1.807, 2.05) is 30.0 Å². The summed E-state index contributed by atoms with van der Waals surface area (Å²) in [6, 6.07) is 12.6. The van der Waals surface area contributed by atoms with E-state index in [9.17, 15) is 13.2 Å². The van der Waals surface area contributed by atoms with Crippen molar-refractivity contribution in [2.75, 3.05) is 44.7 Å². The van der Waals surface area contributed by atoms with Gasteiger partial charge in [0.05, 0.1) is 19.8 Å². The molecular weight excluding hydrogens is 488 g/mol. The number of carbonyl (C=O) groups is 1. The molecule has 188 valence electrons. The van der Waals surface area contributed by atoms with Crippen LogP contribution in [-0.4, -0.2) is 72.9 Å². The lowest BCUT2D eigenvalue weighted by molar-refractivity contribution is -1.92. The average molecular weight is 517 g/mol. The number of rotatable bonds is 7. The molecule has 1 amide bonds. The first-order chi connectivity index (χ1) is 15.9. The van der Waals surface area contributed by atoms with Crippen molar-refractivity contribution in [1.29, 1.82) is 0 Å². The van der Waals surface area contributed by atoms with Crippen LogP contribution in [0.1, 0.15) is 18.4 Å². The number of piperazine rings is 1. The fourth-order valence-electron chi connectivity index (χ4n) is 3.35. The van der Waals surface area contributed by atoms with Gasteiger partial charge in [0.2, 0.25) is 15.9 Å². The Morgan fingerprint density at radius 2 is 1.68 bits per heavy atom. The highest BCUT2D eigenvalue weighted by molar-refractivity contribution is 7.89. The summed E-state index contributed by atoms with van der Waals surface area (Å²) in [7, 11) is -6.66. The van der Waals surface area contributed by atoms with Crippen molar-refractivity contribution in [3.05, 3.63) is 54.2 Å². The van der Waals surface area contributed by atoms with E-state index >= 15 is 0 Å². The number of sulfonamides is 1. The molecule has 1 saturated heterocycles. The van der Waals surface area contributed by atoms with Crippen LogP contribution >= 0.6 is 0 Å². The predicted octanol–water partition coefficient (Wildman–Crippen LogP) is -1.98. The highest BCUT2D eigenvalue weighted by Crippen LogP contribution is 2.16. The van der Waals surface area contributed by atoms with Crippen LogP contribution in [0, 0.1) is 17.2 Å². The largest absolute Gasteiger partial charge is 0.353 e. The Morgan fingerprint density at radius 3 is 2.21 bits per heavy atom. The van der Waals surface area contributed by atoms with Crippen LogP contribution in [0.2, 0.25) is 0 Å². The molecule has 1 aromatic carbocycles. The van der Waals surface area contributed by atoms with E-state index in [-0.39, 0.29) is 10.8 Å². The van der Waals surface area contributed by atoms with E-state index in [0.717, 1.165) is 24.5 Å². The molecule has 1 N–H and O–H groups in total. The Bertz CT molecular complexity index is 1000. The van der Waals surface area contributed by atoms with Gasteiger partial charge < -0.3 is 9.80 Å². The maximum atomic E-state index is 12.6. The Hall–Kier alpha value is -2.32. The third kappa shape index (κ3) is 9.14. The summed E-state index contributed by atoms with van der Waals surface area (Å²) in [4.78, 5) is 21.2. The highest BCUT2D eigenvalue weighted by Gasteiger charge is 2.23. The molecule has 0 atom stereocenters. The normalized spacial score (nSPS) is 14.6. The van der Waals surface area contributed by atoms with E-state index in [4.69, 9.17) is 18.6 Å². The molecule has 1 aliphatic heterocycles. The van der Waals surface area contributed by atoms with Gasteiger partial charge in [0, 0.05) is 52.4 Å². The van der Waals surface area contributed by atoms with Crippen LogP contribution < -0.4 is 18.9 Å². The minimum absolute atomic E-state index is 0.0757. The number of halogens is 1. The van der Waals surface area contributed by atoms with Crippen LogP contribution in [0.15, 0.2) is 53.6 Å². The Labute approximate surface area is 201 Å². The molecule has 3 rings (SSSR count). The number of amides is 1. The van der Waals surface area contributed by atoms with Gasteiger partial charge in [-0.3, -0.25) is 4.79 Å². The third-order valence-electron chi connectivity index (χ3n) is 5.20. The van der Waals surface area contributed by atoms with Gasteiger partial charge in [-0.2, -0.15) is 14.0 Å². The topological polar surface area (TPSA) is 163 Å². The molecule has 0 bridgehead atoms. The molecule has 34 heavy (non-hydrogen) atoms. The fourth-order valence-corrected chi connectivity index (χ4v) is 4.56. The van der Waals surface area contributed by atoms with Crippen LogP contribution in [0.5, 0.6) is 0 Å². The molecular formula is C21H29ClN4O7S. The number of nitrogens with zero attached hydrogens (tertiary/aromatic N) is 4. The Balaban J connectivity index is 0.000000739. The number of hydrogen-bond donors (Lipinski definition) is 1. The number of carbonyl (C=O) groups excluding carboxylic acids is 1. The first kappa shape index (κ1) is 27.9. The van der Waals surface area contributed by atoms with E-state index in [1.54, 1.807) is 37.5 Å². The number of pyridine rings is 1. The minimum atomic E-state index is -4.69. The van der Waals surface area contributed by atoms with Gasteiger partial charge in [0.15, 0.2) is 0 Å². The number of anilines is 1. The van der Waals surface area contributed by atoms with Crippen molar-refractivity contribution in [2.45, 2.75) is 24.7 Å². The number of aromatic nitrogens is 1. The van der Waals surface area contributed by atoms with E-state index in [0.29, 0.717) is 32.5 Å². The van der Waals surface area contributed by atoms with Gasteiger partial charge in [0.25, 0.3) is 0 Å². The van der Waals surface area contributed by atoms with E-state index < -0.39 is 20.3 Å². The molecule has 0 saturated carbocycles. The van der Waals surface area contributed by atoms with Crippen molar-refractivity contribution >= 4 is 21.7 Å². The second kappa shape index (κ2) is 12.4. The maximum absolute atomic E-state index is 12.6. The Morgan fingerprint density at radius 1 is 1.09 bits per heavy atom. The second-order valence-electron chi connectivity index (χ2n) is 7.69. The van der Waals surface area contributed by atoms with Crippen molar-refractivity contribution in [2.24, 2.45) is 0 Å². The second-order valence-corrected chi connectivity index (χ2v) is 10.5. The number of aryl methyl sites for hydroxylation is 1. The zero-order chi connectivity index (χ0) is 25.4. The molecule has 0 radical (unpaired) electrons. The molecule has 2 aromatic rings. The van der Waals surface area contributed by atoms with Gasteiger partial charge in [-0.25, -0.2) is 17.7 Å². The number of hydrogen-bond acceptors (Lipinski definition) is 9. The van der Waals surface area contributed by atoms with Crippen LogP contribution in [0.3, 0.4) is 0 Å². The molecule has 1 fully saturated rings. The summed E-state index contributed by atoms with van der Waals surface area (Å²) in [6.45, 7) is 5.06. The lowest BCUT2D eigenvalue weighted by Crippen LogP contribution is -2.58. The zero-order valence-electron chi connectivity index (χ0n) is 19.0. The SMILES string of the molecule is Cc1ccc(S(=O)(=O)N(C)CCCC(=O)N2CCN(c3ccccn3)CC2)cc1.[O-][Cl+3]([O-])([O-])O. The van der Waals surface area contributed by atoms with Gasteiger partial charge in [-0.15, -0.1) is 0 Å². The standard InChI is InChI=1S/C21H28N4O3S.ClHO4/c1-18-8-10-19(11-9-18)29(27,28)23(2)13-5-7-21(26)25-16-14-24(15-17-25)20-6-3-4-12-22-20;2-1(3,4)5/h3-4,6,8-12H,5,7,13-17H2,1-2H3;(H,2,3,4,5). The third-order valence-corrected chi connectivity index (χ3v) is 7.07. The summed E-state index contributed by atoms with van der Waals surface area (Å²) in [5.41, 5.74) is 1.01. The summed E-state index contributed by atoms with van der Waals surface area (Å²) in [6.07, 6.45) is 2.62. The zero-order valence-corrected chi connectivity index (χ0v) is 20.6. The van der Waals surface area contributed by atoms with Crippen molar-refractivity contribution in [3.63, 3.8) is 0 Å². The van der Waals surface area contributed by atoms with E-state index in [2.05, 4.69) is 9.88 Å². The molecule has 1 aliphatic rings. The van der Waals surface area contributed by atoms with Gasteiger partial charge >= 0.3 is 0 Å². The van der Waals surface area contributed by atoms with Crippen molar-refractivity contribution in [1.82, 2.24) is 14.2 Å². The summed E-state index contributed by atoms with van der Waals surface area (Å²) in [5, 5.41) is 0. The van der Waals surface area contributed by atoms with Crippen LogP contribution in [0.4, 0.5) is 5.82 Å². The Kier molecular flexibility index (Phi) is 10.2. The average Bonchev–Trinajstić information content (AvgIpc) is 2.79. The lowest BCUT2D eigenvalue weighted by atomic mass is 10.2. The van der Waals surface area contributed by atoms with Crippen molar-refractivity contribution in [3.8, 4) is 0 Å². The molecule has 13 heteroatoms. The summed E-state index contributed by atoms with van der Waals surface area (Å²) in [5.74, 6) is 1.01. The lowest BCUT2D eigenvalue weighted by Gasteiger charge is -2.35. The summed E-state index contributed by atoms with van der Waals surface area (Å²) >= 11 is 0. The molecule has 0 aliphatic carbocycles. The minimum Gasteiger partial charge on any atom is -0.353 e. The van der Waals surface area contributed by atoms with Gasteiger partial charge in [-0.05, 0) is 37.6 Å². The monoisotopic (exact) mass is 516 g/mol.